The van der Waals surface area contributed by atoms with Crippen LogP contribution in [0.3, 0.4) is 0 Å². The number of thiazole rings is 2. The minimum absolute atomic E-state index is 0.0604. The summed E-state index contributed by atoms with van der Waals surface area (Å²) in [5.74, 6) is -0.454. The largest absolute Gasteiger partial charge is 0.298 e. The Morgan fingerprint density at radius 2 is 2.00 bits per heavy atom. The standard InChI is InChI=1S/C16H16N4O2S2/c1-9-7-17-15(23-9)19-13(21)10-8-18-16-20(14(10)22)11-5-3-2-4-6-12(11)24-16/h7-8H,2-6H2,1H3,(H,17,19,21). The lowest BCUT2D eigenvalue weighted by Crippen LogP contribution is -2.27. The summed E-state index contributed by atoms with van der Waals surface area (Å²) in [7, 11) is 0. The Labute approximate surface area is 146 Å². The van der Waals surface area contributed by atoms with Gasteiger partial charge in [0.1, 0.15) is 5.56 Å². The van der Waals surface area contributed by atoms with E-state index in [-0.39, 0.29) is 11.1 Å². The third-order valence-corrected chi connectivity index (χ3v) is 6.12. The van der Waals surface area contributed by atoms with Crippen LogP contribution in [0.2, 0.25) is 0 Å². The average Bonchev–Trinajstić information content (AvgIpc) is 3.04. The Bertz CT molecular complexity index is 986. The number of amides is 1. The summed E-state index contributed by atoms with van der Waals surface area (Å²) in [4.78, 5) is 36.7. The molecule has 8 heteroatoms. The van der Waals surface area contributed by atoms with Gasteiger partial charge in [0.15, 0.2) is 10.1 Å². The van der Waals surface area contributed by atoms with Gasteiger partial charge >= 0.3 is 0 Å². The highest BCUT2D eigenvalue weighted by Gasteiger charge is 2.21. The van der Waals surface area contributed by atoms with Crippen molar-refractivity contribution in [2.75, 3.05) is 5.32 Å². The van der Waals surface area contributed by atoms with Gasteiger partial charge in [-0.3, -0.25) is 19.3 Å². The van der Waals surface area contributed by atoms with E-state index in [9.17, 15) is 9.59 Å². The zero-order valence-electron chi connectivity index (χ0n) is 13.2. The number of anilines is 1. The minimum atomic E-state index is -0.454. The lowest BCUT2D eigenvalue weighted by Gasteiger charge is -2.04. The molecular formula is C16H16N4O2S2. The number of carbonyl (C=O) groups is 1. The van der Waals surface area contributed by atoms with Crippen LogP contribution in [0, 0.1) is 6.92 Å². The van der Waals surface area contributed by atoms with Crippen molar-refractivity contribution in [3.05, 3.63) is 43.8 Å². The molecule has 0 saturated heterocycles. The number of aryl methyl sites for hydroxylation is 3. The predicted octanol–water partition coefficient (Wildman–Crippen LogP) is 3.04. The van der Waals surface area contributed by atoms with Gasteiger partial charge in [-0.1, -0.05) is 6.42 Å². The van der Waals surface area contributed by atoms with Crippen LogP contribution in [0.4, 0.5) is 5.13 Å². The summed E-state index contributed by atoms with van der Waals surface area (Å²) in [6.07, 6.45) is 8.31. The van der Waals surface area contributed by atoms with Gasteiger partial charge in [0, 0.05) is 27.8 Å². The van der Waals surface area contributed by atoms with E-state index in [1.165, 1.54) is 28.8 Å². The molecule has 0 spiro atoms. The highest BCUT2D eigenvalue weighted by Crippen LogP contribution is 2.27. The SMILES string of the molecule is Cc1cnc(NC(=O)c2cnc3sc4c(n3c2=O)CCCCC4)s1. The zero-order valence-corrected chi connectivity index (χ0v) is 14.8. The molecule has 1 amide bonds. The molecule has 4 rings (SSSR count). The highest BCUT2D eigenvalue weighted by molar-refractivity contribution is 7.17. The van der Waals surface area contributed by atoms with E-state index in [1.54, 1.807) is 21.9 Å². The fourth-order valence-electron chi connectivity index (χ4n) is 2.98. The molecule has 0 bridgehead atoms. The zero-order chi connectivity index (χ0) is 16.7. The molecule has 124 valence electrons. The lowest BCUT2D eigenvalue weighted by atomic mass is 10.2. The van der Waals surface area contributed by atoms with E-state index >= 15 is 0 Å². The lowest BCUT2D eigenvalue weighted by molar-refractivity contribution is 0.102. The summed E-state index contributed by atoms with van der Waals surface area (Å²) >= 11 is 2.94. The molecule has 0 aromatic carbocycles. The molecule has 3 aromatic heterocycles. The maximum absolute atomic E-state index is 12.9. The summed E-state index contributed by atoms with van der Waals surface area (Å²) in [5, 5.41) is 3.18. The fraction of sp³-hybridized carbons (Fsp3) is 0.375. The molecule has 0 aliphatic heterocycles. The van der Waals surface area contributed by atoms with Crippen molar-refractivity contribution in [1.29, 1.82) is 0 Å². The molecule has 0 radical (unpaired) electrons. The van der Waals surface area contributed by atoms with Gasteiger partial charge in [-0.15, -0.1) is 22.7 Å². The summed E-state index contributed by atoms with van der Waals surface area (Å²) in [6, 6.07) is 0. The molecule has 0 saturated carbocycles. The first-order chi connectivity index (χ1) is 11.6. The second-order valence-corrected chi connectivity index (χ2v) is 8.15. The fourth-order valence-corrected chi connectivity index (χ4v) is 4.81. The van der Waals surface area contributed by atoms with Crippen LogP contribution >= 0.6 is 22.7 Å². The van der Waals surface area contributed by atoms with Crippen molar-refractivity contribution in [3.63, 3.8) is 0 Å². The van der Waals surface area contributed by atoms with Gasteiger partial charge in [-0.2, -0.15) is 0 Å². The normalized spacial score (nSPS) is 14.4. The van der Waals surface area contributed by atoms with Crippen molar-refractivity contribution in [1.82, 2.24) is 14.4 Å². The molecule has 1 aliphatic rings. The third kappa shape index (κ3) is 2.65. The van der Waals surface area contributed by atoms with Gasteiger partial charge in [-0.05, 0) is 32.6 Å². The van der Waals surface area contributed by atoms with E-state index in [2.05, 4.69) is 15.3 Å². The monoisotopic (exact) mass is 360 g/mol. The maximum Gasteiger partial charge on any atom is 0.271 e. The van der Waals surface area contributed by atoms with Gasteiger partial charge < -0.3 is 0 Å². The van der Waals surface area contributed by atoms with Crippen LogP contribution in [0.1, 0.15) is 45.1 Å². The topological polar surface area (TPSA) is 76.4 Å². The molecule has 3 aromatic rings. The number of nitrogens with one attached hydrogen (secondary N) is 1. The Morgan fingerprint density at radius 1 is 1.17 bits per heavy atom. The van der Waals surface area contributed by atoms with Gasteiger partial charge in [0.2, 0.25) is 0 Å². The number of aromatic nitrogens is 3. The highest BCUT2D eigenvalue weighted by atomic mass is 32.1. The minimum Gasteiger partial charge on any atom is -0.298 e. The Morgan fingerprint density at radius 3 is 2.79 bits per heavy atom. The summed E-state index contributed by atoms with van der Waals surface area (Å²) < 4.78 is 1.63. The van der Waals surface area contributed by atoms with Crippen molar-refractivity contribution in [2.24, 2.45) is 0 Å². The van der Waals surface area contributed by atoms with Gasteiger partial charge in [0.25, 0.3) is 11.5 Å². The molecule has 1 N–H and O–H groups in total. The number of fused-ring (bicyclic) bond motifs is 3. The Kier molecular flexibility index (Phi) is 3.93. The van der Waals surface area contributed by atoms with Crippen molar-refractivity contribution >= 4 is 38.7 Å². The molecule has 3 heterocycles. The molecule has 6 nitrogen and oxygen atoms in total. The number of carbonyl (C=O) groups excluding carboxylic acids is 1. The van der Waals surface area contributed by atoms with Crippen LogP contribution in [-0.2, 0) is 12.8 Å². The number of hydrogen-bond donors (Lipinski definition) is 1. The smallest absolute Gasteiger partial charge is 0.271 e. The molecule has 0 atom stereocenters. The van der Waals surface area contributed by atoms with Crippen molar-refractivity contribution < 1.29 is 4.79 Å². The second kappa shape index (κ2) is 6.10. The van der Waals surface area contributed by atoms with Gasteiger partial charge in [0.05, 0.1) is 0 Å². The number of nitrogens with zero attached hydrogens (tertiary/aromatic N) is 3. The Hall–Kier alpha value is -2.06. The molecule has 0 unspecified atom stereocenters. The average molecular weight is 360 g/mol. The van der Waals surface area contributed by atoms with Crippen LogP contribution < -0.4 is 10.9 Å². The van der Waals surface area contributed by atoms with Crippen molar-refractivity contribution in [2.45, 2.75) is 39.0 Å². The van der Waals surface area contributed by atoms with Crippen LogP contribution in [0.25, 0.3) is 4.96 Å². The molecule has 0 fully saturated rings. The number of hydrogen-bond acceptors (Lipinski definition) is 6. The van der Waals surface area contributed by atoms with E-state index in [0.29, 0.717) is 10.1 Å². The van der Waals surface area contributed by atoms with Crippen LogP contribution in [0.15, 0.2) is 17.2 Å². The molecular weight excluding hydrogens is 344 g/mol. The van der Waals surface area contributed by atoms with Gasteiger partial charge in [-0.25, -0.2) is 9.97 Å². The first kappa shape index (κ1) is 15.5. The second-order valence-electron chi connectivity index (χ2n) is 5.86. The molecule has 24 heavy (non-hydrogen) atoms. The summed E-state index contributed by atoms with van der Waals surface area (Å²) in [5.41, 5.74) is 0.806. The maximum atomic E-state index is 12.9. The predicted molar refractivity (Wildman–Crippen MR) is 95.4 cm³/mol. The number of rotatable bonds is 2. The first-order valence-electron chi connectivity index (χ1n) is 7.89. The quantitative estimate of drug-likeness (QED) is 0.713. The van der Waals surface area contributed by atoms with E-state index < -0.39 is 5.91 Å². The molecule has 1 aliphatic carbocycles. The van der Waals surface area contributed by atoms with E-state index in [4.69, 9.17) is 0 Å². The van der Waals surface area contributed by atoms with Crippen molar-refractivity contribution in [3.8, 4) is 0 Å². The van der Waals surface area contributed by atoms with Crippen LogP contribution in [0.5, 0.6) is 0 Å². The van der Waals surface area contributed by atoms with E-state index in [1.807, 2.05) is 6.92 Å². The third-order valence-electron chi connectivity index (χ3n) is 4.14. The Balaban J connectivity index is 1.76. The summed E-state index contributed by atoms with van der Waals surface area (Å²) in [6.45, 7) is 1.91. The first-order valence-corrected chi connectivity index (χ1v) is 9.53. The van der Waals surface area contributed by atoms with Crippen LogP contribution in [-0.4, -0.2) is 20.3 Å². The van der Waals surface area contributed by atoms with E-state index in [0.717, 1.165) is 36.3 Å².